The van der Waals surface area contributed by atoms with Crippen molar-refractivity contribution in [1.29, 1.82) is 0 Å². The van der Waals surface area contributed by atoms with Crippen molar-refractivity contribution < 1.29 is 9.53 Å². The lowest BCUT2D eigenvalue weighted by Crippen LogP contribution is -2.35. The summed E-state index contributed by atoms with van der Waals surface area (Å²) in [5, 5.41) is 5.09. The monoisotopic (exact) mass is 306 g/mol. The number of benzene rings is 2. The Morgan fingerprint density at radius 1 is 1.13 bits per heavy atom. The third kappa shape index (κ3) is 3.86. The van der Waals surface area contributed by atoms with Gasteiger partial charge in [-0.3, -0.25) is 9.78 Å². The van der Waals surface area contributed by atoms with Crippen LogP contribution in [0.25, 0.3) is 10.8 Å². The summed E-state index contributed by atoms with van der Waals surface area (Å²) < 4.78 is 5.74. The van der Waals surface area contributed by atoms with Crippen LogP contribution in [-0.2, 0) is 11.3 Å². The van der Waals surface area contributed by atoms with Gasteiger partial charge < -0.3 is 10.1 Å². The maximum atomic E-state index is 12.1. The number of ether oxygens (including phenoxy) is 1. The van der Waals surface area contributed by atoms with Crippen molar-refractivity contribution in [3.8, 4) is 5.75 Å². The quantitative estimate of drug-likeness (QED) is 0.786. The van der Waals surface area contributed by atoms with Crippen molar-refractivity contribution in [3.05, 3.63) is 72.6 Å². The lowest BCUT2D eigenvalue weighted by atomic mass is 10.1. The second-order valence-corrected chi connectivity index (χ2v) is 5.35. The highest BCUT2D eigenvalue weighted by Gasteiger charge is 2.14. The molecule has 0 aliphatic heterocycles. The molecule has 0 radical (unpaired) electrons. The number of pyridine rings is 1. The van der Waals surface area contributed by atoms with Crippen LogP contribution in [0.3, 0.4) is 0 Å². The fraction of sp³-hybridized carbons (Fsp3) is 0.158. The van der Waals surface area contributed by atoms with Gasteiger partial charge in [0.2, 0.25) is 0 Å². The first-order valence-corrected chi connectivity index (χ1v) is 7.54. The molecule has 3 aromatic rings. The highest BCUT2D eigenvalue weighted by molar-refractivity contribution is 5.84. The maximum Gasteiger partial charge on any atom is 0.261 e. The Bertz CT molecular complexity index is 803. The number of rotatable bonds is 5. The fourth-order valence-corrected chi connectivity index (χ4v) is 2.33. The van der Waals surface area contributed by atoms with Crippen LogP contribution >= 0.6 is 0 Å². The van der Waals surface area contributed by atoms with Crippen LogP contribution in [0.4, 0.5) is 0 Å². The molecular weight excluding hydrogens is 288 g/mol. The number of carbonyl (C=O) groups is 1. The largest absolute Gasteiger partial charge is 0.481 e. The molecule has 1 heterocycles. The number of fused-ring (bicyclic) bond motifs is 1. The number of nitrogens with one attached hydrogen (secondary N) is 1. The van der Waals surface area contributed by atoms with Crippen molar-refractivity contribution in [2.45, 2.75) is 19.6 Å². The van der Waals surface area contributed by atoms with Gasteiger partial charge in [0, 0.05) is 18.9 Å². The first-order chi connectivity index (χ1) is 11.2. The first-order valence-electron chi connectivity index (χ1n) is 7.54. The second kappa shape index (κ2) is 6.92. The molecule has 3 rings (SSSR count). The van der Waals surface area contributed by atoms with Crippen molar-refractivity contribution in [2.24, 2.45) is 0 Å². The lowest BCUT2D eigenvalue weighted by Gasteiger charge is -2.15. The minimum absolute atomic E-state index is 0.151. The van der Waals surface area contributed by atoms with Gasteiger partial charge in [-0.2, -0.15) is 0 Å². The highest BCUT2D eigenvalue weighted by Crippen LogP contribution is 2.21. The smallest absolute Gasteiger partial charge is 0.261 e. The van der Waals surface area contributed by atoms with E-state index in [1.807, 2.05) is 54.6 Å². The third-order valence-electron chi connectivity index (χ3n) is 3.59. The van der Waals surface area contributed by atoms with Gasteiger partial charge in [0.05, 0.1) is 0 Å². The Morgan fingerprint density at radius 3 is 2.74 bits per heavy atom. The fourth-order valence-electron chi connectivity index (χ4n) is 2.33. The van der Waals surface area contributed by atoms with Crippen LogP contribution in [0.1, 0.15) is 12.5 Å². The highest BCUT2D eigenvalue weighted by atomic mass is 16.5. The lowest BCUT2D eigenvalue weighted by molar-refractivity contribution is -0.127. The summed E-state index contributed by atoms with van der Waals surface area (Å²) in [6.07, 6.45) is 2.87. The number of hydrogen-bond donors (Lipinski definition) is 1. The predicted molar refractivity (Wildman–Crippen MR) is 90.1 cm³/mol. The molecule has 0 bridgehead atoms. The van der Waals surface area contributed by atoms with Gasteiger partial charge in [0.1, 0.15) is 5.75 Å². The summed E-state index contributed by atoms with van der Waals surface area (Å²) in [5.41, 5.74) is 0.957. The Hall–Kier alpha value is -2.88. The van der Waals surface area contributed by atoms with E-state index in [1.54, 1.807) is 19.3 Å². The van der Waals surface area contributed by atoms with Gasteiger partial charge in [-0.05, 0) is 41.5 Å². The van der Waals surface area contributed by atoms with E-state index in [4.69, 9.17) is 4.74 Å². The molecule has 23 heavy (non-hydrogen) atoms. The number of carbonyl (C=O) groups excluding carboxylic acids is 1. The minimum atomic E-state index is -0.562. The van der Waals surface area contributed by atoms with E-state index in [9.17, 15) is 4.79 Å². The SMILES string of the molecule is C[C@@H](Oc1ccc2ccccc2c1)C(=O)NCc1cccnc1. The molecule has 0 saturated heterocycles. The minimum Gasteiger partial charge on any atom is -0.481 e. The predicted octanol–water partition coefficient (Wildman–Crippen LogP) is 3.32. The molecule has 4 nitrogen and oxygen atoms in total. The zero-order chi connectivity index (χ0) is 16.1. The first kappa shape index (κ1) is 15.0. The molecule has 1 atom stereocenters. The van der Waals surface area contributed by atoms with Crippen LogP contribution in [0.15, 0.2) is 67.0 Å². The molecule has 0 spiro atoms. The molecule has 0 fully saturated rings. The van der Waals surface area contributed by atoms with Crippen LogP contribution in [-0.4, -0.2) is 17.0 Å². The molecular formula is C19H18N2O2. The van der Waals surface area contributed by atoms with Gasteiger partial charge in [-0.25, -0.2) is 0 Å². The van der Waals surface area contributed by atoms with Gasteiger partial charge in [-0.1, -0.05) is 36.4 Å². The van der Waals surface area contributed by atoms with Crippen molar-refractivity contribution in [2.75, 3.05) is 0 Å². The molecule has 0 saturated carbocycles. The standard InChI is InChI=1S/C19H18N2O2/c1-14(19(22)21-13-15-5-4-10-20-12-15)23-18-9-8-16-6-2-3-7-17(16)11-18/h2-12,14H,13H2,1H3,(H,21,22)/t14-/m1/s1. The van der Waals surface area contributed by atoms with Gasteiger partial charge >= 0.3 is 0 Å². The van der Waals surface area contributed by atoms with E-state index in [1.165, 1.54) is 0 Å². The maximum absolute atomic E-state index is 12.1. The van der Waals surface area contributed by atoms with E-state index in [2.05, 4.69) is 10.3 Å². The Morgan fingerprint density at radius 2 is 1.96 bits per heavy atom. The zero-order valence-corrected chi connectivity index (χ0v) is 12.9. The average molecular weight is 306 g/mol. The third-order valence-corrected chi connectivity index (χ3v) is 3.59. The summed E-state index contributed by atoms with van der Waals surface area (Å²) in [7, 11) is 0. The zero-order valence-electron chi connectivity index (χ0n) is 12.9. The van der Waals surface area contributed by atoms with Gasteiger partial charge in [0.25, 0.3) is 5.91 Å². The van der Waals surface area contributed by atoms with Crippen LogP contribution in [0.5, 0.6) is 5.75 Å². The molecule has 0 aliphatic carbocycles. The van der Waals surface area contributed by atoms with Crippen molar-refractivity contribution in [3.63, 3.8) is 0 Å². The summed E-state index contributed by atoms with van der Waals surface area (Å²) in [6.45, 7) is 2.19. The van der Waals surface area contributed by atoms with Gasteiger partial charge in [0.15, 0.2) is 6.10 Å². The van der Waals surface area contributed by atoms with Crippen molar-refractivity contribution in [1.82, 2.24) is 10.3 Å². The van der Waals surface area contributed by atoms with Crippen LogP contribution < -0.4 is 10.1 Å². The van der Waals surface area contributed by atoms with E-state index in [-0.39, 0.29) is 5.91 Å². The molecule has 116 valence electrons. The Balaban J connectivity index is 1.60. The van der Waals surface area contributed by atoms with E-state index in [0.29, 0.717) is 12.3 Å². The summed E-state index contributed by atoms with van der Waals surface area (Å²) in [5.74, 6) is 0.537. The number of nitrogens with zero attached hydrogens (tertiary/aromatic N) is 1. The molecule has 2 aromatic carbocycles. The molecule has 4 heteroatoms. The topological polar surface area (TPSA) is 51.2 Å². The number of amides is 1. The normalized spacial score (nSPS) is 11.9. The summed E-state index contributed by atoms with van der Waals surface area (Å²) >= 11 is 0. The number of aromatic nitrogens is 1. The average Bonchev–Trinajstić information content (AvgIpc) is 2.60. The molecule has 1 aromatic heterocycles. The van der Waals surface area contributed by atoms with Crippen LogP contribution in [0.2, 0.25) is 0 Å². The molecule has 1 amide bonds. The van der Waals surface area contributed by atoms with E-state index >= 15 is 0 Å². The van der Waals surface area contributed by atoms with E-state index < -0.39 is 6.10 Å². The van der Waals surface area contributed by atoms with E-state index in [0.717, 1.165) is 16.3 Å². The van der Waals surface area contributed by atoms with Gasteiger partial charge in [-0.15, -0.1) is 0 Å². The Labute approximate surface area is 135 Å². The Kier molecular flexibility index (Phi) is 4.52. The van der Waals surface area contributed by atoms with Crippen molar-refractivity contribution >= 4 is 16.7 Å². The molecule has 0 aliphatic rings. The molecule has 0 unspecified atom stereocenters. The summed E-state index contributed by atoms with van der Waals surface area (Å²) in [4.78, 5) is 16.1. The summed E-state index contributed by atoms with van der Waals surface area (Å²) in [6, 6.07) is 17.6. The second-order valence-electron chi connectivity index (χ2n) is 5.35. The molecule has 1 N–H and O–H groups in total. The van der Waals surface area contributed by atoms with Crippen LogP contribution in [0, 0.1) is 0 Å². The number of hydrogen-bond acceptors (Lipinski definition) is 3.